The van der Waals surface area contributed by atoms with Crippen molar-refractivity contribution in [2.75, 3.05) is 13.2 Å². The smallest absolute Gasteiger partial charge is 0.267 e. The van der Waals surface area contributed by atoms with Crippen LogP contribution >= 0.6 is 0 Å². The van der Waals surface area contributed by atoms with Crippen LogP contribution in [0.3, 0.4) is 0 Å². The highest BCUT2D eigenvalue weighted by molar-refractivity contribution is 5.92. The van der Waals surface area contributed by atoms with Gasteiger partial charge in [0.15, 0.2) is 0 Å². The van der Waals surface area contributed by atoms with Gasteiger partial charge < -0.3 is 14.6 Å². The molecular formula is C19H22N2O2. The number of nitrogens with one attached hydrogen (secondary N) is 1. The second-order valence-corrected chi connectivity index (χ2v) is 6.49. The minimum atomic E-state index is 0.0283. The zero-order valence-corrected chi connectivity index (χ0v) is 13.2. The lowest BCUT2D eigenvalue weighted by Gasteiger charge is -2.19. The number of hydrogen-bond donors (Lipinski definition) is 1. The largest absolute Gasteiger partial charge is 0.373 e. The van der Waals surface area contributed by atoms with Gasteiger partial charge in [0.05, 0.1) is 6.10 Å². The molecule has 1 aromatic carbocycles. The van der Waals surface area contributed by atoms with E-state index in [-0.39, 0.29) is 12.0 Å². The van der Waals surface area contributed by atoms with Crippen molar-refractivity contribution in [2.24, 2.45) is 5.92 Å². The molecule has 1 aliphatic heterocycles. The predicted octanol–water partition coefficient (Wildman–Crippen LogP) is 3.33. The van der Waals surface area contributed by atoms with Gasteiger partial charge in [-0.1, -0.05) is 30.3 Å². The Morgan fingerprint density at radius 1 is 1.13 bits per heavy atom. The van der Waals surface area contributed by atoms with Crippen molar-refractivity contribution in [3.05, 3.63) is 59.9 Å². The maximum absolute atomic E-state index is 12.5. The van der Waals surface area contributed by atoms with E-state index < -0.39 is 0 Å². The fraction of sp³-hybridized carbons (Fsp3) is 0.421. The molecule has 1 N–H and O–H groups in total. The lowest BCUT2D eigenvalue weighted by atomic mass is 9.95. The number of aromatic nitrogens is 1. The zero-order chi connectivity index (χ0) is 15.6. The zero-order valence-electron chi connectivity index (χ0n) is 13.2. The molecule has 0 spiro atoms. The van der Waals surface area contributed by atoms with Crippen molar-refractivity contribution in [1.82, 2.24) is 9.88 Å². The third-order valence-electron chi connectivity index (χ3n) is 4.82. The van der Waals surface area contributed by atoms with E-state index in [0.29, 0.717) is 18.5 Å². The molecule has 2 fully saturated rings. The number of hydrogen-bond acceptors (Lipinski definition) is 2. The minimum Gasteiger partial charge on any atom is -0.373 e. The van der Waals surface area contributed by atoms with E-state index in [0.717, 1.165) is 18.7 Å². The molecule has 4 nitrogen and oxygen atoms in total. The first kappa shape index (κ1) is 14.5. The number of carbonyl (C=O) groups excluding carboxylic acids is 1. The molecule has 2 aliphatic rings. The van der Waals surface area contributed by atoms with Crippen LogP contribution in [-0.4, -0.2) is 23.6 Å². The Kier molecular flexibility index (Phi) is 3.92. The van der Waals surface area contributed by atoms with Crippen molar-refractivity contribution >= 4 is 5.91 Å². The van der Waals surface area contributed by atoms with E-state index in [1.807, 2.05) is 36.5 Å². The van der Waals surface area contributed by atoms with Crippen molar-refractivity contribution in [3.63, 3.8) is 0 Å². The lowest BCUT2D eigenvalue weighted by molar-refractivity contribution is 0.0842. The molecule has 1 aliphatic carbocycles. The van der Waals surface area contributed by atoms with Gasteiger partial charge in [0.2, 0.25) is 0 Å². The van der Waals surface area contributed by atoms with Gasteiger partial charge in [-0.05, 0) is 37.0 Å². The second-order valence-electron chi connectivity index (χ2n) is 6.49. The number of nitrogens with zero attached hydrogens (tertiary/aromatic N) is 1. The van der Waals surface area contributed by atoms with E-state index in [4.69, 9.17) is 4.74 Å². The first-order chi connectivity index (χ1) is 11.3. The molecule has 2 aromatic rings. The molecule has 0 unspecified atom stereocenters. The highest BCUT2D eigenvalue weighted by atomic mass is 16.5. The first-order valence-electron chi connectivity index (χ1n) is 8.44. The van der Waals surface area contributed by atoms with Gasteiger partial charge in [0.25, 0.3) is 5.91 Å². The van der Waals surface area contributed by atoms with Gasteiger partial charge in [-0.3, -0.25) is 4.79 Å². The first-order valence-corrected chi connectivity index (χ1v) is 8.44. The van der Waals surface area contributed by atoms with Crippen LogP contribution in [0.4, 0.5) is 0 Å². The van der Waals surface area contributed by atoms with Gasteiger partial charge in [0.1, 0.15) is 5.69 Å². The Hall–Kier alpha value is -2.07. The summed E-state index contributed by atoms with van der Waals surface area (Å²) < 4.78 is 8.00. The number of carbonyl (C=O) groups is 1. The molecule has 2 heterocycles. The van der Waals surface area contributed by atoms with Gasteiger partial charge >= 0.3 is 0 Å². The number of ether oxygens (including phenoxy) is 1. The third kappa shape index (κ3) is 3.04. The summed E-state index contributed by atoms with van der Waals surface area (Å²) in [7, 11) is 0. The monoisotopic (exact) mass is 310 g/mol. The Labute approximate surface area is 136 Å². The van der Waals surface area contributed by atoms with Crippen molar-refractivity contribution in [3.8, 4) is 0 Å². The molecule has 1 saturated heterocycles. The number of rotatable bonds is 5. The Bertz CT molecular complexity index is 676. The number of amides is 1. The molecule has 0 bridgehead atoms. The lowest BCUT2D eigenvalue weighted by Crippen LogP contribution is -2.31. The molecule has 4 heteroatoms. The van der Waals surface area contributed by atoms with E-state index in [2.05, 4.69) is 22.0 Å². The van der Waals surface area contributed by atoms with Gasteiger partial charge in [0, 0.05) is 31.3 Å². The standard InChI is InChI=1S/C19H22N2O2/c22-19(17-7-4-11-21(17)16-8-9-16)20-13-15-10-12-23-18(15)14-5-2-1-3-6-14/h1-7,11,15-16,18H,8-10,12-13H2,(H,20,22)/t15-,18-/m1/s1. The van der Waals surface area contributed by atoms with E-state index in [1.165, 1.54) is 18.4 Å². The average Bonchev–Trinajstić information content (AvgIpc) is 3.13. The minimum absolute atomic E-state index is 0.0283. The molecule has 1 aromatic heterocycles. The summed E-state index contributed by atoms with van der Waals surface area (Å²) in [4.78, 5) is 12.5. The second kappa shape index (κ2) is 6.20. The van der Waals surface area contributed by atoms with Crippen molar-refractivity contribution in [1.29, 1.82) is 0 Å². The topological polar surface area (TPSA) is 43.3 Å². The fourth-order valence-electron chi connectivity index (χ4n) is 3.43. The summed E-state index contributed by atoms with van der Waals surface area (Å²) in [6.45, 7) is 1.42. The van der Waals surface area contributed by atoms with Crippen molar-refractivity contribution < 1.29 is 9.53 Å². The Morgan fingerprint density at radius 3 is 2.74 bits per heavy atom. The normalized spacial score (nSPS) is 23.8. The van der Waals surface area contributed by atoms with Crippen LogP contribution < -0.4 is 5.32 Å². The Morgan fingerprint density at radius 2 is 1.96 bits per heavy atom. The summed E-state index contributed by atoms with van der Waals surface area (Å²) in [5.74, 6) is 0.367. The third-order valence-corrected chi connectivity index (χ3v) is 4.82. The SMILES string of the molecule is O=C(NC[C@H]1CCO[C@@H]1c1ccccc1)c1cccn1C1CC1. The summed E-state index contributed by atoms with van der Waals surface area (Å²) in [6, 6.07) is 14.7. The summed E-state index contributed by atoms with van der Waals surface area (Å²) >= 11 is 0. The van der Waals surface area contributed by atoms with Crippen LogP contribution in [0.25, 0.3) is 0 Å². The van der Waals surface area contributed by atoms with Gasteiger partial charge in [-0.2, -0.15) is 0 Å². The summed E-state index contributed by atoms with van der Waals surface area (Å²) in [5.41, 5.74) is 1.98. The molecule has 23 heavy (non-hydrogen) atoms. The fourth-order valence-corrected chi connectivity index (χ4v) is 3.43. The Balaban J connectivity index is 1.40. The van der Waals surface area contributed by atoms with Gasteiger partial charge in [-0.25, -0.2) is 0 Å². The van der Waals surface area contributed by atoms with Gasteiger partial charge in [-0.15, -0.1) is 0 Å². The van der Waals surface area contributed by atoms with Crippen LogP contribution in [0.5, 0.6) is 0 Å². The van der Waals surface area contributed by atoms with E-state index in [9.17, 15) is 4.79 Å². The van der Waals surface area contributed by atoms with Crippen molar-refractivity contribution in [2.45, 2.75) is 31.4 Å². The van der Waals surface area contributed by atoms with Crippen LogP contribution in [0.15, 0.2) is 48.7 Å². The molecule has 0 radical (unpaired) electrons. The maximum atomic E-state index is 12.5. The average molecular weight is 310 g/mol. The van der Waals surface area contributed by atoms with E-state index in [1.54, 1.807) is 0 Å². The highest BCUT2D eigenvalue weighted by Gasteiger charge is 2.31. The molecule has 4 rings (SSSR count). The predicted molar refractivity (Wildman–Crippen MR) is 88.3 cm³/mol. The molecular weight excluding hydrogens is 288 g/mol. The molecule has 1 saturated carbocycles. The van der Waals surface area contributed by atoms with Crippen LogP contribution in [0.1, 0.15) is 47.5 Å². The summed E-state index contributed by atoms with van der Waals surface area (Å²) in [6.07, 6.45) is 5.46. The quantitative estimate of drug-likeness (QED) is 0.920. The maximum Gasteiger partial charge on any atom is 0.267 e. The van der Waals surface area contributed by atoms with Crippen LogP contribution in [-0.2, 0) is 4.74 Å². The van der Waals surface area contributed by atoms with Crippen LogP contribution in [0, 0.1) is 5.92 Å². The van der Waals surface area contributed by atoms with Crippen LogP contribution in [0.2, 0.25) is 0 Å². The van der Waals surface area contributed by atoms with E-state index >= 15 is 0 Å². The molecule has 120 valence electrons. The molecule has 1 amide bonds. The number of benzene rings is 1. The summed E-state index contributed by atoms with van der Waals surface area (Å²) in [5, 5.41) is 3.11. The molecule has 2 atom stereocenters. The highest BCUT2D eigenvalue weighted by Crippen LogP contribution is 2.36.